The monoisotopic (exact) mass is 215 g/mol. The Bertz CT molecular complexity index is 217. The van der Waals surface area contributed by atoms with Gasteiger partial charge in [0.1, 0.15) is 0 Å². The fourth-order valence-corrected chi connectivity index (χ4v) is 0.864. The van der Waals surface area contributed by atoms with Crippen LogP contribution in [0.15, 0.2) is 0 Å². The van der Waals surface area contributed by atoms with Crippen LogP contribution in [0.25, 0.3) is 0 Å². The molecule has 0 aliphatic rings. The van der Waals surface area contributed by atoms with Gasteiger partial charge in [0, 0.05) is 6.54 Å². The first kappa shape index (κ1) is 13.9. The minimum absolute atomic E-state index is 0.000741. The Balaban J connectivity index is 3.67. The van der Waals surface area contributed by atoms with E-state index in [1.807, 2.05) is 20.8 Å². The second-order valence-corrected chi connectivity index (χ2v) is 3.93. The van der Waals surface area contributed by atoms with Crippen LogP contribution in [0.1, 0.15) is 27.2 Å². The molecule has 4 N–H and O–H groups in total. The molecule has 0 saturated carbocycles. The van der Waals surface area contributed by atoms with Gasteiger partial charge in [-0.3, -0.25) is 9.59 Å². The molecule has 0 fully saturated rings. The molecule has 88 valence electrons. The Morgan fingerprint density at radius 2 is 1.87 bits per heavy atom. The van der Waals surface area contributed by atoms with Crippen LogP contribution in [-0.2, 0) is 9.59 Å². The molecule has 0 bridgehead atoms. The number of rotatable bonds is 6. The highest BCUT2D eigenvalue weighted by Crippen LogP contribution is 1.87. The molecule has 0 aliphatic heterocycles. The zero-order valence-electron chi connectivity index (χ0n) is 9.67. The SMILES string of the molecule is CC[C@H](N)C(=O)NCC(=O)NCC(C)C. The van der Waals surface area contributed by atoms with E-state index in [1.54, 1.807) is 0 Å². The van der Waals surface area contributed by atoms with Crippen molar-refractivity contribution in [1.29, 1.82) is 0 Å². The van der Waals surface area contributed by atoms with Crippen LogP contribution in [0.2, 0.25) is 0 Å². The first-order valence-corrected chi connectivity index (χ1v) is 5.27. The second-order valence-electron chi connectivity index (χ2n) is 3.93. The van der Waals surface area contributed by atoms with Gasteiger partial charge in [-0.25, -0.2) is 0 Å². The molecule has 0 aromatic carbocycles. The van der Waals surface area contributed by atoms with Gasteiger partial charge in [-0.05, 0) is 12.3 Å². The lowest BCUT2D eigenvalue weighted by molar-refractivity contribution is -0.126. The van der Waals surface area contributed by atoms with Crippen molar-refractivity contribution in [2.24, 2.45) is 11.7 Å². The number of carbonyl (C=O) groups is 2. The summed E-state index contributed by atoms with van der Waals surface area (Å²) >= 11 is 0. The van der Waals surface area contributed by atoms with E-state index in [0.29, 0.717) is 18.9 Å². The van der Waals surface area contributed by atoms with Crippen LogP contribution in [0, 0.1) is 5.92 Å². The summed E-state index contributed by atoms with van der Waals surface area (Å²) in [6.45, 7) is 6.45. The lowest BCUT2D eigenvalue weighted by atomic mass is 10.2. The van der Waals surface area contributed by atoms with Gasteiger partial charge in [0.25, 0.3) is 0 Å². The summed E-state index contributed by atoms with van der Waals surface area (Å²) in [7, 11) is 0. The summed E-state index contributed by atoms with van der Waals surface area (Å²) in [5, 5.41) is 5.18. The van der Waals surface area contributed by atoms with E-state index in [4.69, 9.17) is 5.73 Å². The summed E-state index contributed by atoms with van der Waals surface area (Å²) in [4.78, 5) is 22.4. The highest BCUT2D eigenvalue weighted by molar-refractivity contribution is 5.87. The second kappa shape index (κ2) is 7.23. The molecule has 1 atom stereocenters. The fourth-order valence-electron chi connectivity index (χ4n) is 0.864. The predicted octanol–water partition coefficient (Wildman–Crippen LogP) is -0.388. The molecule has 0 radical (unpaired) electrons. The number of nitrogens with one attached hydrogen (secondary N) is 2. The molecular formula is C10H21N3O2. The summed E-state index contributed by atoms with van der Waals surface area (Å²) < 4.78 is 0. The Morgan fingerprint density at radius 1 is 1.27 bits per heavy atom. The maximum Gasteiger partial charge on any atom is 0.239 e. The zero-order chi connectivity index (χ0) is 11.8. The van der Waals surface area contributed by atoms with Gasteiger partial charge in [-0.2, -0.15) is 0 Å². The predicted molar refractivity (Wildman–Crippen MR) is 59.1 cm³/mol. The van der Waals surface area contributed by atoms with Gasteiger partial charge < -0.3 is 16.4 Å². The third kappa shape index (κ3) is 6.90. The zero-order valence-corrected chi connectivity index (χ0v) is 9.67. The molecule has 0 aromatic heterocycles. The summed E-state index contributed by atoms with van der Waals surface area (Å²) in [5.74, 6) is -0.0555. The Kier molecular flexibility index (Phi) is 6.70. The van der Waals surface area contributed by atoms with Crippen molar-refractivity contribution >= 4 is 11.8 Å². The highest BCUT2D eigenvalue weighted by atomic mass is 16.2. The summed E-state index contributed by atoms with van der Waals surface area (Å²) in [6.07, 6.45) is 0.569. The lowest BCUT2D eigenvalue weighted by Gasteiger charge is -2.11. The molecule has 0 spiro atoms. The van der Waals surface area contributed by atoms with Crippen molar-refractivity contribution in [2.75, 3.05) is 13.1 Å². The molecule has 0 unspecified atom stereocenters. The molecule has 5 heteroatoms. The van der Waals surface area contributed by atoms with Crippen molar-refractivity contribution < 1.29 is 9.59 Å². The van der Waals surface area contributed by atoms with Crippen molar-refractivity contribution in [2.45, 2.75) is 33.2 Å². The number of hydrogen-bond donors (Lipinski definition) is 3. The third-order valence-corrected chi connectivity index (χ3v) is 1.91. The van der Waals surface area contributed by atoms with Crippen LogP contribution in [0.5, 0.6) is 0 Å². The van der Waals surface area contributed by atoms with E-state index in [0.717, 1.165) is 0 Å². The largest absolute Gasteiger partial charge is 0.354 e. The van der Waals surface area contributed by atoms with Crippen LogP contribution in [-0.4, -0.2) is 30.9 Å². The normalized spacial score (nSPS) is 12.3. The number of nitrogens with two attached hydrogens (primary N) is 1. The molecule has 2 amide bonds. The van der Waals surface area contributed by atoms with E-state index < -0.39 is 6.04 Å². The third-order valence-electron chi connectivity index (χ3n) is 1.91. The van der Waals surface area contributed by atoms with Gasteiger partial charge in [0.05, 0.1) is 12.6 Å². The quantitative estimate of drug-likeness (QED) is 0.564. The smallest absolute Gasteiger partial charge is 0.239 e. The number of carbonyl (C=O) groups excluding carboxylic acids is 2. The fraction of sp³-hybridized carbons (Fsp3) is 0.800. The number of amides is 2. The van der Waals surface area contributed by atoms with Crippen LogP contribution in [0.4, 0.5) is 0 Å². The van der Waals surface area contributed by atoms with Crippen molar-refractivity contribution in [3.05, 3.63) is 0 Å². The number of hydrogen-bond acceptors (Lipinski definition) is 3. The molecular weight excluding hydrogens is 194 g/mol. The van der Waals surface area contributed by atoms with Crippen LogP contribution in [0.3, 0.4) is 0 Å². The van der Waals surface area contributed by atoms with E-state index in [9.17, 15) is 9.59 Å². The molecule has 0 heterocycles. The Labute approximate surface area is 90.8 Å². The van der Waals surface area contributed by atoms with Gasteiger partial charge >= 0.3 is 0 Å². The van der Waals surface area contributed by atoms with Crippen LogP contribution >= 0.6 is 0 Å². The van der Waals surface area contributed by atoms with E-state index in [1.165, 1.54) is 0 Å². The van der Waals surface area contributed by atoms with Crippen molar-refractivity contribution in [3.8, 4) is 0 Å². The average Bonchev–Trinajstić information content (AvgIpc) is 2.21. The molecule has 0 aromatic rings. The average molecular weight is 215 g/mol. The molecule has 0 rings (SSSR count). The topological polar surface area (TPSA) is 84.2 Å². The van der Waals surface area contributed by atoms with Gasteiger partial charge in [0.2, 0.25) is 11.8 Å². The minimum Gasteiger partial charge on any atom is -0.354 e. The van der Waals surface area contributed by atoms with Crippen LogP contribution < -0.4 is 16.4 Å². The van der Waals surface area contributed by atoms with Gasteiger partial charge in [0.15, 0.2) is 0 Å². The first-order chi connectivity index (χ1) is 6.97. The van der Waals surface area contributed by atoms with Gasteiger partial charge in [-0.1, -0.05) is 20.8 Å². The van der Waals surface area contributed by atoms with Gasteiger partial charge in [-0.15, -0.1) is 0 Å². The lowest BCUT2D eigenvalue weighted by Crippen LogP contribution is -2.45. The molecule has 0 saturated heterocycles. The summed E-state index contributed by atoms with van der Waals surface area (Å²) in [6, 6.07) is -0.525. The minimum atomic E-state index is -0.525. The molecule has 0 aliphatic carbocycles. The van der Waals surface area contributed by atoms with E-state index >= 15 is 0 Å². The molecule has 5 nitrogen and oxygen atoms in total. The standard InChI is InChI=1S/C10H21N3O2/c1-4-8(11)10(15)13-6-9(14)12-5-7(2)3/h7-8H,4-6,11H2,1-3H3,(H,12,14)(H,13,15)/t8-/m0/s1. The van der Waals surface area contributed by atoms with Crippen molar-refractivity contribution in [1.82, 2.24) is 10.6 Å². The maximum atomic E-state index is 11.2. The maximum absolute atomic E-state index is 11.2. The van der Waals surface area contributed by atoms with Crippen molar-refractivity contribution in [3.63, 3.8) is 0 Å². The van der Waals surface area contributed by atoms with E-state index in [2.05, 4.69) is 10.6 Å². The molecule has 15 heavy (non-hydrogen) atoms. The highest BCUT2D eigenvalue weighted by Gasteiger charge is 2.11. The first-order valence-electron chi connectivity index (χ1n) is 5.27. The summed E-state index contributed by atoms with van der Waals surface area (Å²) in [5.41, 5.74) is 5.48. The Hall–Kier alpha value is -1.10. The Morgan fingerprint density at radius 3 is 2.33 bits per heavy atom. The van der Waals surface area contributed by atoms with E-state index in [-0.39, 0.29) is 18.4 Å².